The highest BCUT2D eigenvalue weighted by atomic mass is 32.1. The molecule has 0 aliphatic carbocycles. The van der Waals surface area contributed by atoms with Gasteiger partial charge in [-0.15, -0.1) is 0 Å². The van der Waals surface area contributed by atoms with Gasteiger partial charge in [0.25, 0.3) is 0 Å². The number of hydrogen-bond acceptors (Lipinski definition) is 5. The molecule has 0 amide bonds. The minimum atomic E-state index is -0.474. The summed E-state index contributed by atoms with van der Waals surface area (Å²) >= 11 is 1.48. The highest BCUT2D eigenvalue weighted by Crippen LogP contribution is 2.22. The minimum Gasteiger partial charge on any atom is -0.462 e. The molecule has 118 valence electrons. The largest absolute Gasteiger partial charge is 0.462 e. The van der Waals surface area contributed by atoms with E-state index in [1.165, 1.54) is 11.3 Å². The van der Waals surface area contributed by atoms with Gasteiger partial charge >= 0.3 is 5.97 Å². The Balaban J connectivity index is 2.42. The lowest BCUT2D eigenvalue weighted by atomic mass is 10.0. The van der Waals surface area contributed by atoms with Gasteiger partial charge in [0, 0.05) is 5.69 Å². The Labute approximate surface area is 138 Å². The Hall–Kier alpha value is -2.65. The van der Waals surface area contributed by atoms with Gasteiger partial charge in [0.1, 0.15) is 11.6 Å². The molecule has 0 fully saturated rings. The van der Waals surface area contributed by atoms with Crippen molar-refractivity contribution < 1.29 is 14.3 Å². The van der Waals surface area contributed by atoms with E-state index in [1.54, 1.807) is 26.8 Å². The van der Waals surface area contributed by atoms with Crippen molar-refractivity contribution in [1.29, 1.82) is 5.26 Å². The number of ketones is 1. The molecule has 23 heavy (non-hydrogen) atoms. The number of aromatic nitrogens is 1. The maximum absolute atomic E-state index is 12.6. The van der Waals surface area contributed by atoms with E-state index in [4.69, 9.17) is 4.74 Å². The fourth-order valence-electron chi connectivity index (χ4n) is 2.29. The van der Waals surface area contributed by atoms with Gasteiger partial charge in [-0.2, -0.15) is 16.6 Å². The van der Waals surface area contributed by atoms with Gasteiger partial charge < -0.3 is 9.72 Å². The molecule has 0 bridgehead atoms. The number of thiophene rings is 1. The number of aromatic amines is 1. The molecular formula is C17H16N2O3S. The maximum Gasteiger partial charge on any atom is 0.340 e. The number of nitrogens with zero attached hydrogens (tertiary/aromatic N) is 1. The third kappa shape index (κ3) is 3.41. The SMILES string of the molecule is CCOC(=O)c1c(C)[nH]c(C(=O)/C(C#N)=C\c2ccsc2)c1C. The third-order valence-corrected chi connectivity index (χ3v) is 4.06. The van der Waals surface area contributed by atoms with Crippen LogP contribution < -0.4 is 0 Å². The van der Waals surface area contributed by atoms with Gasteiger partial charge in [-0.05, 0) is 54.8 Å². The Morgan fingerprint density at radius 3 is 2.74 bits per heavy atom. The standard InChI is InChI=1S/C17H16N2O3S/c1-4-22-17(21)14-10(2)15(19-11(14)3)16(20)13(8-18)7-12-5-6-23-9-12/h5-7,9,19H,4H2,1-3H3/b13-7-. The average molecular weight is 328 g/mol. The van der Waals surface area contributed by atoms with Crippen molar-refractivity contribution >= 4 is 29.2 Å². The molecule has 0 saturated carbocycles. The molecule has 5 nitrogen and oxygen atoms in total. The molecule has 0 spiro atoms. The van der Waals surface area contributed by atoms with Crippen LogP contribution in [0.3, 0.4) is 0 Å². The lowest BCUT2D eigenvalue weighted by Crippen LogP contribution is -2.08. The van der Waals surface area contributed by atoms with Gasteiger partial charge in [-0.25, -0.2) is 4.79 Å². The summed E-state index contributed by atoms with van der Waals surface area (Å²) in [6.45, 7) is 5.35. The number of H-pyrrole nitrogens is 1. The number of carbonyl (C=O) groups is 2. The van der Waals surface area contributed by atoms with Crippen LogP contribution in [0.4, 0.5) is 0 Å². The molecule has 2 rings (SSSR count). The zero-order valence-corrected chi connectivity index (χ0v) is 13.9. The molecule has 0 unspecified atom stereocenters. The zero-order chi connectivity index (χ0) is 17.0. The Kier molecular flexibility index (Phi) is 5.14. The van der Waals surface area contributed by atoms with E-state index < -0.39 is 11.8 Å². The van der Waals surface area contributed by atoms with Crippen LogP contribution in [0.1, 0.15) is 44.6 Å². The highest BCUT2D eigenvalue weighted by Gasteiger charge is 2.24. The van der Waals surface area contributed by atoms with Crippen LogP contribution in [0.15, 0.2) is 22.4 Å². The molecule has 1 N–H and O–H groups in total. The van der Waals surface area contributed by atoms with Gasteiger partial charge in [0.2, 0.25) is 5.78 Å². The predicted molar refractivity (Wildman–Crippen MR) is 88.5 cm³/mol. The van der Waals surface area contributed by atoms with E-state index in [2.05, 4.69) is 4.98 Å². The van der Waals surface area contributed by atoms with Crippen molar-refractivity contribution in [3.8, 4) is 6.07 Å². The lowest BCUT2D eigenvalue weighted by Gasteiger charge is -2.02. The fourth-order valence-corrected chi connectivity index (χ4v) is 2.91. The van der Waals surface area contributed by atoms with E-state index in [0.717, 1.165) is 5.56 Å². The van der Waals surface area contributed by atoms with E-state index in [9.17, 15) is 14.9 Å². The van der Waals surface area contributed by atoms with E-state index in [0.29, 0.717) is 16.8 Å². The van der Waals surface area contributed by atoms with Crippen molar-refractivity contribution in [3.63, 3.8) is 0 Å². The lowest BCUT2D eigenvalue weighted by molar-refractivity contribution is 0.0525. The first-order chi connectivity index (χ1) is 11.0. The van der Waals surface area contributed by atoms with Crippen molar-refractivity contribution in [2.75, 3.05) is 6.61 Å². The molecule has 0 aliphatic rings. The van der Waals surface area contributed by atoms with Crippen LogP contribution >= 0.6 is 11.3 Å². The summed E-state index contributed by atoms with van der Waals surface area (Å²) in [4.78, 5) is 27.5. The molecule has 2 aromatic heterocycles. The quantitative estimate of drug-likeness (QED) is 0.393. The number of ether oxygens (including phenoxy) is 1. The summed E-state index contributed by atoms with van der Waals surface area (Å²) in [6.07, 6.45) is 1.54. The number of rotatable bonds is 5. The number of nitrogens with one attached hydrogen (secondary N) is 1. The fraction of sp³-hybridized carbons (Fsp3) is 0.235. The molecule has 0 saturated heterocycles. The van der Waals surface area contributed by atoms with Gasteiger partial charge in [0.15, 0.2) is 0 Å². The molecule has 0 aliphatic heterocycles. The van der Waals surface area contributed by atoms with E-state index in [-0.39, 0.29) is 17.9 Å². The average Bonchev–Trinajstić information content (AvgIpc) is 3.12. The second-order valence-electron chi connectivity index (χ2n) is 4.90. The van der Waals surface area contributed by atoms with Crippen LogP contribution in [-0.4, -0.2) is 23.3 Å². The molecule has 0 radical (unpaired) electrons. The summed E-state index contributed by atoms with van der Waals surface area (Å²) in [5, 5.41) is 13.0. The van der Waals surface area contributed by atoms with Gasteiger partial charge in [0.05, 0.1) is 17.9 Å². The Morgan fingerprint density at radius 1 is 1.43 bits per heavy atom. The summed E-state index contributed by atoms with van der Waals surface area (Å²) in [5.74, 6) is -0.909. The number of hydrogen-bond donors (Lipinski definition) is 1. The summed E-state index contributed by atoms with van der Waals surface area (Å²) in [5.41, 5.74) is 2.46. The number of aryl methyl sites for hydroxylation is 1. The molecule has 2 aromatic rings. The maximum atomic E-state index is 12.6. The van der Waals surface area contributed by atoms with Crippen molar-refractivity contribution in [1.82, 2.24) is 4.98 Å². The second kappa shape index (κ2) is 7.07. The Bertz CT molecular complexity index is 808. The van der Waals surface area contributed by atoms with Crippen molar-refractivity contribution in [2.24, 2.45) is 0 Å². The van der Waals surface area contributed by atoms with Crippen LogP contribution in [0.2, 0.25) is 0 Å². The topological polar surface area (TPSA) is 83.0 Å². The summed E-state index contributed by atoms with van der Waals surface area (Å²) in [6, 6.07) is 3.75. The Morgan fingerprint density at radius 2 is 2.17 bits per heavy atom. The van der Waals surface area contributed by atoms with Crippen LogP contribution in [0, 0.1) is 25.2 Å². The van der Waals surface area contributed by atoms with Crippen LogP contribution in [-0.2, 0) is 4.74 Å². The third-order valence-electron chi connectivity index (χ3n) is 3.36. The monoisotopic (exact) mass is 328 g/mol. The number of esters is 1. The minimum absolute atomic E-state index is 0.0168. The second-order valence-corrected chi connectivity index (χ2v) is 5.68. The number of allylic oxidation sites excluding steroid dienone is 1. The number of Topliss-reactive ketones (excluding diaryl/α,β-unsaturated/α-hetero) is 1. The highest BCUT2D eigenvalue weighted by molar-refractivity contribution is 7.08. The van der Waals surface area contributed by atoms with Crippen molar-refractivity contribution in [3.05, 3.63) is 50.5 Å². The van der Waals surface area contributed by atoms with Gasteiger partial charge in [-0.1, -0.05) is 0 Å². The van der Waals surface area contributed by atoms with Crippen molar-refractivity contribution in [2.45, 2.75) is 20.8 Å². The zero-order valence-electron chi connectivity index (χ0n) is 13.1. The van der Waals surface area contributed by atoms with Crippen LogP contribution in [0.25, 0.3) is 6.08 Å². The molecule has 6 heteroatoms. The number of nitriles is 1. The first-order valence-corrected chi connectivity index (χ1v) is 7.98. The molecule has 2 heterocycles. The first kappa shape index (κ1) is 16.7. The predicted octanol–water partition coefficient (Wildman–Crippen LogP) is 3.66. The van der Waals surface area contributed by atoms with Crippen LogP contribution in [0.5, 0.6) is 0 Å². The van der Waals surface area contributed by atoms with E-state index >= 15 is 0 Å². The molecular weight excluding hydrogens is 312 g/mol. The van der Waals surface area contributed by atoms with Gasteiger partial charge in [-0.3, -0.25) is 4.79 Å². The summed E-state index contributed by atoms with van der Waals surface area (Å²) in [7, 11) is 0. The number of carbonyl (C=O) groups excluding carboxylic acids is 2. The molecule has 0 atom stereocenters. The smallest absolute Gasteiger partial charge is 0.340 e. The molecule has 0 aromatic carbocycles. The van der Waals surface area contributed by atoms with E-state index in [1.807, 2.05) is 22.9 Å². The summed E-state index contributed by atoms with van der Waals surface area (Å²) < 4.78 is 5.01. The normalized spacial score (nSPS) is 11.1. The first-order valence-electron chi connectivity index (χ1n) is 7.04.